The monoisotopic (exact) mass is 744 g/mol. The Labute approximate surface area is 329 Å². The molecule has 264 valence electrons. The summed E-state index contributed by atoms with van der Waals surface area (Å²) >= 11 is 1.89. The summed E-state index contributed by atoms with van der Waals surface area (Å²) < 4.78 is 11.3. The van der Waals surface area contributed by atoms with Gasteiger partial charge in [0, 0.05) is 64.1 Å². The van der Waals surface area contributed by atoms with Crippen LogP contribution in [0.4, 0.5) is 0 Å². The Bertz CT molecular complexity index is 3660. The van der Waals surface area contributed by atoms with Crippen molar-refractivity contribution in [3.05, 3.63) is 170 Å². The standard InChI is InChI=1S/C51H28N4OS/c1-2-9-31(10-3-1)49-52-50(54-51(53-49)37-14-8-16-41-46(37)36-13-4-5-15-40(36)56-41)34-20-19-33-28-35(24-21-32(33)27-34)55-38-25-22-29-11-6-17-42-44(29)47(38)48-39(55)26-23-30-12-7-18-43(57-42)45(30)48/h1-28H. The Morgan fingerprint density at radius 1 is 0.404 bits per heavy atom. The van der Waals surface area contributed by atoms with Crippen LogP contribution in [-0.4, -0.2) is 19.5 Å². The Morgan fingerprint density at radius 2 is 1.02 bits per heavy atom. The molecule has 0 aliphatic heterocycles. The molecule has 57 heavy (non-hydrogen) atoms. The highest BCUT2D eigenvalue weighted by Crippen LogP contribution is 2.46. The third-order valence-corrected chi connectivity index (χ3v) is 12.7. The molecule has 0 fully saturated rings. The molecule has 0 atom stereocenters. The zero-order valence-corrected chi connectivity index (χ0v) is 31.1. The van der Waals surface area contributed by atoms with Gasteiger partial charge in [-0.2, -0.15) is 0 Å². The minimum Gasteiger partial charge on any atom is -0.456 e. The Morgan fingerprint density at radius 3 is 1.79 bits per heavy atom. The van der Waals surface area contributed by atoms with E-state index in [9.17, 15) is 0 Å². The van der Waals surface area contributed by atoms with Gasteiger partial charge >= 0.3 is 0 Å². The predicted molar refractivity (Wildman–Crippen MR) is 237 cm³/mol. The van der Waals surface area contributed by atoms with Gasteiger partial charge in [-0.25, -0.2) is 15.0 Å². The average molecular weight is 745 g/mol. The van der Waals surface area contributed by atoms with Crippen LogP contribution in [0.2, 0.25) is 0 Å². The summed E-state index contributed by atoms with van der Waals surface area (Å²) in [6.45, 7) is 0. The zero-order chi connectivity index (χ0) is 37.2. The number of hydrogen-bond donors (Lipinski definition) is 0. The Kier molecular flexibility index (Phi) is 6.26. The first-order valence-corrected chi connectivity index (χ1v) is 19.9. The number of nitrogens with zero attached hydrogens (tertiary/aromatic N) is 4. The van der Waals surface area contributed by atoms with Gasteiger partial charge in [-0.15, -0.1) is 11.3 Å². The van der Waals surface area contributed by atoms with Gasteiger partial charge in [-0.1, -0.05) is 115 Å². The number of rotatable bonds is 4. The molecule has 4 aromatic heterocycles. The highest BCUT2D eigenvalue weighted by Gasteiger charge is 2.22. The Hall–Kier alpha value is -7.41. The fourth-order valence-electron chi connectivity index (χ4n) is 9.06. The second-order valence-corrected chi connectivity index (χ2v) is 15.8. The van der Waals surface area contributed by atoms with Gasteiger partial charge in [0.25, 0.3) is 0 Å². The fourth-order valence-corrected chi connectivity index (χ4v) is 10.2. The highest BCUT2D eigenvalue weighted by atomic mass is 32.1. The lowest BCUT2D eigenvalue weighted by Gasteiger charge is -2.12. The first kappa shape index (κ1) is 30.9. The molecule has 5 nitrogen and oxygen atoms in total. The van der Waals surface area contributed by atoms with Crippen molar-refractivity contribution < 1.29 is 4.42 Å². The van der Waals surface area contributed by atoms with E-state index in [-0.39, 0.29) is 0 Å². The van der Waals surface area contributed by atoms with E-state index in [2.05, 4.69) is 114 Å². The predicted octanol–water partition coefficient (Wildman–Crippen LogP) is 14.0. The minimum atomic E-state index is 0.607. The van der Waals surface area contributed by atoms with E-state index in [1.165, 1.54) is 52.8 Å². The summed E-state index contributed by atoms with van der Waals surface area (Å²) in [5.74, 6) is 1.85. The molecule has 0 amide bonds. The highest BCUT2D eigenvalue weighted by molar-refractivity contribution is 7.24. The van der Waals surface area contributed by atoms with Crippen LogP contribution in [0.15, 0.2) is 174 Å². The van der Waals surface area contributed by atoms with Crippen LogP contribution in [-0.2, 0) is 0 Å². The molecule has 0 aliphatic rings. The molecule has 0 unspecified atom stereocenters. The first-order chi connectivity index (χ1) is 28.2. The van der Waals surface area contributed by atoms with Crippen molar-refractivity contribution in [1.82, 2.24) is 19.5 Å². The molecular formula is C51H28N4OS. The van der Waals surface area contributed by atoms with E-state index in [0.29, 0.717) is 17.5 Å². The third kappa shape index (κ3) is 4.47. The van der Waals surface area contributed by atoms with Crippen molar-refractivity contribution in [3.63, 3.8) is 0 Å². The number of furan rings is 1. The fraction of sp³-hybridized carbons (Fsp3) is 0. The SMILES string of the molecule is c1ccc(-c2nc(-c3ccc4cc(-n5c6ccc7cccc8sc9cccc%10ccc5c(c%109)c6c78)ccc4c3)nc(-c3cccc4oc5ccccc5c34)n2)cc1. The van der Waals surface area contributed by atoms with Crippen molar-refractivity contribution in [3.8, 4) is 39.9 Å². The van der Waals surface area contributed by atoms with E-state index in [1.54, 1.807) is 0 Å². The number of para-hydroxylation sites is 1. The summed E-state index contributed by atoms with van der Waals surface area (Å²) in [7, 11) is 0. The normalized spacial score (nSPS) is 12.2. The second-order valence-electron chi connectivity index (χ2n) is 14.8. The molecule has 0 radical (unpaired) electrons. The van der Waals surface area contributed by atoms with Crippen LogP contribution < -0.4 is 0 Å². The van der Waals surface area contributed by atoms with Crippen LogP contribution in [0.1, 0.15) is 0 Å². The molecule has 9 aromatic carbocycles. The summed E-state index contributed by atoms with van der Waals surface area (Å²) in [4.78, 5) is 15.3. The van der Waals surface area contributed by atoms with Crippen molar-refractivity contribution >= 4 is 96.8 Å². The molecule has 13 rings (SSSR count). The van der Waals surface area contributed by atoms with E-state index >= 15 is 0 Å². The summed E-state index contributed by atoms with van der Waals surface area (Å²) in [5, 5.41) is 12.2. The smallest absolute Gasteiger partial charge is 0.164 e. The number of aromatic nitrogens is 4. The summed E-state index contributed by atoms with van der Waals surface area (Å²) in [6, 6.07) is 60.2. The largest absolute Gasteiger partial charge is 0.456 e. The maximum absolute atomic E-state index is 6.25. The van der Waals surface area contributed by atoms with Gasteiger partial charge in [0.15, 0.2) is 17.5 Å². The van der Waals surface area contributed by atoms with Crippen LogP contribution in [0, 0.1) is 0 Å². The lowest BCUT2D eigenvalue weighted by Crippen LogP contribution is -2.00. The van der Waals surface area contributed by atoms with Crippen LogP contribution >= 0.6 is 11.3 Å². The topological polar surface area (TPSA) is 56.7 Å². The maximum atomic E-state index is 6.25. The van der Waals surface area contributed by atoms with Crippen molar-refractivity contribution in [2.24, 2.45) is 0 Å². The number of fused-ring (bicyclic) bond motifs is 4. The van der Waals surface area contributed by atoms with Gasteiger partial charge in [0.05, 0.1) is 11.0 Å². The van der Waals surface area contributed by atoms with Gasteiger partial charge in [0.1, 0.15) is 11.2 Å². The zero-order valence-electron chi connectivity index (χ0n) is 30.3. The quantitative estimate of drug-likeness (QED) is 0.180. The Balaban J connectivity index is 0.999. The molecule has 13 aromatic rings. The van der Waals surface area contributed by atoms with Gasteiger partial charge in [0.2, 0.25) is 0 Å². The molecule has 0 N–H and O–H groups in total. The summed E-state index contributed by atoms with van der Waals surface area (Å²) in [6.07, 6.45) is 0. The van der Waals surface area contributed by atoms with E-state index in [4.69, 9.17) is 19.4 Å². The molecular weight excluding hydrogens is 717 g/mol. The minimum absolute atomic E-state index is 0.607. The van der Waals surface area contributed by atoms with E-state index < -0.39 is 0 Å². The van der Waals surface area contributed by atoms with Crippen LogP contribution in [0.3, 0.4) is 0 Å². The number of hydrogen-bond acceptors (Lipinski definition) is 5. The van der Waals surface area contributed by atoms with Gasteiger partial charge in [-0.3, -0.25) is 0 Å². The maximum Gasteiger partial charge on any atom is 0.164 e. The van der Waals surface area contributed by atoms with Gasteiger partial charge in [-0.05, 0) is 76.1 Å². The molecule has 0 saturated heterocycles. The van der Waals surface area contributed by atoms with Crippen molar-refractivity contribution in [2.45, 2.75) is 0 Å². The van der Waals surface area contributed by atoms with Crippen molar-refractivity contribution in [2.75, 3.05) is 0 Å². The molecule has 0 saturated carbocycles. The average Bonchev–Trinajstić information content (AvgIpc) is 3.77. The molecule has 6 heteroatoms. The van der Waals surface area contributed by atoms with Crippen LogP contribution in [0.5, 0.6) is 0 Å². The van der Waals surface area contributed by atoms with Crippen LogP contribution in [0.25, 0.3) is 125 Å². The van der Waals surface area contributed by atoms with E-state index in [0.717, 1.165) is 55.1 Å². The molecule has 4 heterocycles. The molecule has 0 bridgehead atoms. The summed E-state index contributed by atoms with van der Waals surface area (Å²) in [5.41, 5.74) is 7.98. The lowest BCUT2D eigenvalue weighted by molar-refractivity contribution is 0.669. The van der Waals surface area contributed by atoms with E-state index in [1.807, 2.05) is 72.0 Å². The first-order valence-electron chi connectivity index (χ1n) is 19.1. The third-order valence-electron chi connectivity index (χ3n) is 11.6. The van der Waals surface area contributed by atoms with Crippen molar-refractivity contribution in [1.29, 1.82) is 0 Å². The number of benzene rings is 9. The molecule has 0 aliphatic carbocycles. The lowest BCUT2D eigenvalue weighted by atomic mass is 10.00. The molecule has 0 spiro atoms. The second kappa shape index (κ2) is 11.6. The van der Waals surface area contributed by atoms with Gasteiger partial charge < -0.3 is 8.98 Å².